The Labute approximate surface area is 177 Å². The molecule has 0 bridgehead atoms. The first kappa shape index (κ1) is 20.5. The lowest BCUT2D eigenvalue weighted by molar-refractivity contribution is 0.0527. The molecule has 1 aromatic carbocycles. The van der Waals surface area contributed by atoms with Crippen LogP contribution in [0.3, 0.4) is 0 Å². The van der Waals surface area contributed by atoms with E-state index in [1.807, 2.05) is 11.9 Å². The van der Waals surface area contributed by atoms with Gasteiger partial charge in [0.2, 0.25) is 5.43 Å². The molecular formula is C21H23FN4O3S. The van der Waals surface area contributed by atoms with Crippen molar-refractivity contribution >= 4 is 44.9 Å². The van der Waals surface area contributed by atoms with E-state index < -0.39 is 17.2 Å². The highest BCUT2D eigenvalue weighted by atomic mass is 32.1. The zero-order chi connectivity index (χ0) is 21.4. The van der Waals surface area contributed by atoms with Crippen molar-refractivity contribution in [3.63, 3.8) is 0 Å². The third-order valence-corrected chi connectivity index (χ3v) is 6.24. The lowest BCUT2D eigenvalue weighted by Gasteiger charge is -2.35. The maximum Gasteiger partial charge on any atom is 0.345 e. The van der Waals surface area contributed by atoms with Crippen LogP contribution in [0.2, 0.25) is 0 Å². The predicted octanol–water partition coefficient (Wildman–Crippen LogP) is 2.63. The van der Waals surface area contributed by atoms with Gasteiger partial charge in [0.15, 0.2) is 0 Å². The summed E-state index contributed by atoms with van der Waals surface area (Å²) >= 11 is 1.27. The summed E-state index contributed by atoms with van der Waals surface area (Å²) in [4.78, 5) is 34.6. The van der Waals surface area contributed by atoms with E-state index in [2.05, 4.69) is 9.89 Å². The molecule has 0 unspecified atom stereocenters. The largest absolute Gasteiger partial charge is 0.462 e. The maximum absolute atomic E-state index is 15.4. The average molecular weight is 431 g/mol. The van der Waals surface area contributed by atoms with Crippen LogP contribution in [0.1, 0.15) is 22.8 Å². The number of esters is 1. The van der Waals surface area contributed by atoms with Crippen molar-refractivity contribution in [2.45, 2.75) is 6.92 Å². The summed E-state index contributed by atoms with van der Waals surface area (Å²) < 4.78 is 22.3. The highest BCUT2D eigenvalue weighted by Gasteiger charge is 2.27. The van der Waals surface area contributed by atoms with Crippen LogP contribution in [0.5, 0.6) is 0 Å². The van der Waals surface area contributed by atoms with Gasteiger partial charge in [-0.1, -0.05) is 0 Å². The summed E-state index contributed by atoms with van der Waals surface area (Å²) in [6, 6.07) is 1.24. The van der Waals surface area contributed by atoms with Gasteiger partial charge in [0.05, 0.1) is 23.2 Å². The van der Waals surface area contributed by atoms with Gasteiger partial charge in [0.1, 0.15) is 16.2 Å². The van der Waals surface area contributed by atoms with E-state index in [0.717, 1.165) is 13.1 Å². The molecule has 1 fully saturated rings. The van der Waals surface area contributed by atoms with Crippen molar-refractivity contribution in [3.8, 4) is 0 Å². The summed E-state index contributed by atoms with van der Waals surface area (Å²) in [7, 11) is 3.65. The normalized spacial score (nSPS) is 15.5. The van der Waals surface area contributed by atoms with Crippen LogP contribution >= 0.6 is 11.3 Å². The second kappa shape index (κ2) is 8.16. The van der Waals surface area contributed by atoms with Crippen LogP contribution in [-0.2, 0) is 4.74 Å². The number of carbonyl (C=O) groups is 1. The van der Waals surface area contributed by atoms with E-state index in [-0.39, 0.29) is 17.6 Å². The second-order valence-electron chi connectivity index (χ2n) is 7.20. The third kappa shape index (κ3) is 3.27. The number of carbonyl (C=O) groups excluding carboxylic acids is 1. The van der Waals surface area contributed by atoms with E-state index in [1.165, 1.54) is 17.4 Å². The molecule has 0 saturated carbocycles. The van der Waals surface area contributed by atoms with Crippen LogP contribution in [-0.4, -0.2) is 68.4 Å². The molecule has 7 nitrogen and oxygen atoms in total. The van der Waals surface area contributed by atoms with Crippen molar-refractivity contribution in [2.24, 2.45) is 4.99 Å². The smallest absolute Gasteiger partial charge is 0.345 e. The number of rotatable bonds is 4. The van der Waals surface area contributed by atoms with Crippen LogP contribution in [0.4, 0.5) is 10.1 Å². The van der Waals surface area contributed by atoms with E-state index in [4.69, 9.17) is 4.74 Å². The molecule has 0 aliphatic carbocycles. The minimum absolute atomic E-state index is 0.0644. The van der Waals surface area contributed by atoms with Crippen molar-refractivity contribution in [3.05, 3.63) is 44.8 Å². The van der Waals surface area contributed by atoms with Gasteiger partial charge in [0, 0.05) is 56.6 Å². The number of likely N-dealkylation sites (N-methyl/N-ethyl adjacent to an activating group) is 1. The first-order valence-electron chi connectivity index (χ1n) is 9.78. The number of thiazole rings is 1. The SMILES string of the molecule is CCOC(=O)c1c(=O)c2cc(F)c(N3CCN(C)CC3)c(C=NC)c2n2ccsc12. The fourth-order valence-corrected chi connectivity index (χ4v) is 4.81. The topological polar surface area (TPSA) is 66.6 Å². The molecule has 9 heteroatoms. The molecule has 0 N–H and O–H groups in total. The zero-order valence-electron chi connectivity index (χ0n) is 17.1. The van der Waals surface area contributed by atoms with Gasteiger partial charge < -0.3 is 18.9 Å². The lowest BCUT2D eigenvalue weighted by atomic mass is 10.0. The molecule has 0 spiro atoms. The number of hydrogen-bond acceptors (Lipinski definition) is 7. The minimum atomic E-state index is -0.696. The molecule has 1 saturated heterocycles. The molecule has 2 aromatic heterocycles. The number of aliphatic imine (C=N–C) groups is 1. The summed E-state index contributed by atoms with van der Waals surface area (Å²) in [5.41, 5.74) is 0.929. The first-order chi connectivity index (χ1) is 14.5. The van der Waals surface area contributed by atoms with Gasteiger partial charge >= 0.3 is 5.97 Å². The Bertz CT molecular complexity index is 1210. The third-order valence-electron chi connectivity index (χ3n) is 5.35. The summed E-state index contributed by atoms with van der Waals surface area (Å²) in [5, 5.41) is 1.93. The van der Waals surface area contributed by atoms with Crippen LogP contribution in [0.15, 0.2) is 27.4 Å². The molecule has 0 radical (unpaired) electrons. The predicted molar refractivity (Wildman–Crippen MR) is 118 cm³/mol. The van der Waals surface area contributed by atoms with Gasteiger partial charge in [-0.15, -0.1) is 11.3 Å². The summed E-state index contributed by atoms with van der Waals surface area (Å²) in [6.45, 7) is 4.81. The average Bonchev–Trinajstić information content (AvgIpc) is 3.18. The number of benzene rings is 1. The second-order valence-corrected chi connectivity index (χ2v) is 8.09. The Morgan fingerprint density at radius 2 is 2.07 bits per heavy atom. The van der Waals surface area contributed by atoms with Gasteiger partial charge in [-0.05, 0) is 20.0 Å². The summed E-state index contributed by atoms with van der Waals surface area (Å²) in [5.74, 6) is -1.19. The maximum atomic E-state index is 15.4. The lowest BCUT2D eigenvalue weighted by Crippen LogP contribution is -2.45. The molecule has 158 valence electrons. The monoisotopic (exact) mass is 430 g/mol. The highest BCUT2D eigenvalue weighted by molar-refractivity contribution is 7.16. The number of piperazine rings is 1. The Morgan fingerprint density at radius 1 is 1.33 bits per heavy atom. The Kier molecular flexibility index (Phi) is 5.57. The Hall–Kier alpha value is -2.78. The van der Waals surface area contributed by atoms with Gasteiger partial charge in [-0.25, -0.2) is 9.18 Å². The van der Waals surface area contributed by atoms with Gasteiger partial charge in [-0.2, -0.15) is 0 Å². The van der Waals surface area contributed by atoms with Crippen molar-refractivity contribution in [1.82, 2.24) is 9.30 Å². The number of aromatic nitrogens is 1. The van der Waals surface area contributed by atoms with Crippen molar-refractivity contribution in [2.75, 3.05) is 51.8 Å². The molecule has 1 aliphatic rings. The van der Waals surface area contributed by atoms with Crippen LogP contribution in [0, 0.1) is 5.82 Å². The minimum Gasteiger partial charge on any atom is -0.462 e. The number of ether oxygens (including phenoxy) is 1. The molecular weight excluding hydrogens is 407 g/mol. The molecule has 1 aliphatic heterocycles. The molecule has 0 amide bonds. The van der Waals surface area contributed by atoms with Crippen molar-refractivity contribution in [1.29, 1.82) is 0 Å². The number of nitrogens with zero attached hydrogens (tertiary/aromatic N) is 4. The fraction of sp³-hybridized carbons (Fsp3) is 0.381. The zero-order valence-corrected chi connectivity index (χ0v) is 18.0. The van der Waals surface area contributed by atoms with E-state index >= 15 is 4.39 Å². The number of halogens is 1. The van der Waals surface area contributed by atoms with Crippen LogP contribution < -0.4 is 10.3 Å². The number of hydrogen-bond donors (Lipinski definition) is 0. The van der Waals surface area contributed by atoms with E-state index in [9.17, 15) is 9.59 Å². The molecule has 30 heavy (non-hydrogen) atoms. The van der Waals surface area contributed by atoms with Crippen molar-refractivity contribution < 1.29 is 13.9 Å². The van der Waals surface area contributed by atoms with Crippen LogP contribution in [0.25, 0.3) is 15.7 Å². The number of anilines is 1. The van der Waals surface area contributed by atoms with Gasteiger partial charge in [-0.3, -0.25) is 9.79 Å². The molecule has 4 rings (SSSR count). The highest BCUT2D eigenvalue weighted by Crippen LogP contribution is 2.33. The molecule has 0 atom stereocenters. The van der Waals surface area contributed by atoms with Gasteiger partial charge in [0.25, 0.3) is 0 Å². The quantitative estimate of drug-likeness (QED) is 0.470. The molecule has 3 heterocycles. The fourth-order valence-electron chi connectivity index (χ4n) is 3.94. The van der Waals surface area contributed by atoms with E-state index in [1.54, 1.807) is 36.2 Å². The van der Waals surface area contributed by atoms with E-state index in [0.29, 0.717) is 34.7 Å². The Morgan fingerprint density at radius 3 is 2.73 bits per heavy atom. The number of fused-ring (bicyclic) bond motifs is 3. The first-order valence-corrected chi connectivity index (χ1v) is 10.7. The number of pyridine rings is 1. The Balaban J connectivity index is 2.08. The summed E-state index contributed by atoms with van der Waals surface area (Å²) in [6.07, 6.45) is 3.37. The molecule has 3 aromatic rings. The standard InChI is InChI=1S/C21H23FN4O3S/c1-4-29-21(28)16-19(27)13-11-15(22)18(25-7-5-24(3)6-8-25)14(12-23-2)17(13)26-9-10-30-20(16)26/h9-12H,4-8H2,1-3H3.